The molecule has 2 heterocycles. The lowest BCUT2D eigenvalue weighted by Crippen LogP contribution is -2.48. The summed E-state index contributed by atoms with van der Waals surface area (Å²) in [4.78, 5) is 9.14. The first-order valence-corrected chi connectivity index (χ1v) is 7.92. The van der Waals surface area contributed by atoms with Crippen LogP contribution in [0.25, 0.3) is 10.8 Å². The van der Waals surface area contributed by atoms with Crippen LogP contribution < -0.4 is 9.24 Å². The minimum atomic E-state index is -0.209. The zero-order chi connectivity index (χ0) is 14.7. The molecule has 0 bridgehead atoms. The first-order valence-electron chi connectivity index (χ1n) is 7.13. The van der Waals surface area contributed by atoms with E-state index in [2.05, 4.69) is 35.3 Å². The number of aromatic nitrogens is 1. The highest BCUT2D eigenvalue weighted by Crippen LogP contribution is 2.25. The van der Waals surface area contributed by atoms with Crippen LogP contribution in [-0.4, -0.2) is 49.2 Å². The average Bonchev–Trinajstić information content (AvgIpc) is 2.53. The van der Waals surface area contributed by atoms with Crippen LogP contribution >= 0.6 is 16.1 Å². The van der Waals surface area contributed by atoms with Crippen molar-refractivity contribution < 1.29 is 4.39 Å². The molecular formula is C15H18BrFN4. The lowest BCUT2D eigenvalue weighted by Gasteiger charge is -2.35. The zero-order valence-electron chi connectivity index (χ0n) is 11.7. The molecule has 1 aliphatic rings. The molecule has 0 aliphatic carbocycles. The summed E-state index contributed by atoms with van der Waals surface area (Å²) < 4.78 is 16.5. The Labute approximate surface area is 132 Å². The van der Waals surface area contributed by atoms with Crippen LogP contribution in [0.3, 0.4) is 0 Å². The molecule has 112 valence electrons. The lowest BCUT2D eigenvalue weighted by molar-refractivity contribution is 0.263. The number of nitrogens with zero attached hydrogens (tertiary/aromatic N) is 3. The van der Waals surface area contributed by atoms with Crippen molar-refractivity contribution in [3.05, 3.63) is 36.3 Å². The summed E-state index contributed by atoms with van der Waals surface area (Å²) in [5.74, 6) is 0.684. The molecule has 2 aromatic rings. The summed E-state index contributed by atoms with van der Waals surface area (Å²) in [6, 6.07) is 6.82. The van der Waals surface area contributed by atoms with E-state index in [-0.39, 0.29) is 5.82 Å². The number of rotatable bonds is 4. The van der Waals surface area contributed by atoms with Gasteiger partial charge in [0.25, 0.3) is 0 Å². The smallest absolute Gasteiger partial charge is 0.136 e. The Morgan fingerprint density at radius 2 is 2.00 bits per heavy atom. The molecule has 1 saturated heterocycles. The second-order valence-electron chi connectivity index (χ2n) is 5.21. The second kappa shape index (κ2) is 6.68. The van der Waals surface area contributed by atoms with E-state index in [1.165, 1.54) is 6.07 Å². The number of pyridine rings is 1. The quantitative estimate of drug-likeness (QED) is 0.856. The molecule has 1 aromatic heterocycles. The number of anilines is 1. The molecule has 0 saturated carbocycles. The van der Waals surface area contributed by atoms with Gasteiger partial charge in [0.05, 0.1) is 0 Å². The Kier molecular flexibility index (Phi) is 4.67. The van der Waals surface area contributed by atoms with Gasteiger partial charge in [-0.05, 0) is 23.6 Å². The maximum absolute atomic E-state index is 13.5. The maximum Gasteiger partial charge on any atom is 0.136 e. The van der Waals surface area contributed by atoms with Gasteiger partial charge in [-0.15, -0.1) is 0 Å². The summed E-state index contributed by atoms with van der Waals surface area (Å²) in [6.45, 7) is 5.80. The van der Waals surface area contributed by atoms with Crippen molar-refractivity contribution in [2.45, 2.75) is 0 Å². The zero-order valence-corrected chi connectivity index (χ0v) is 13.3. The van der Waals surface area contributed by atoms with Crippen LogP contribution in [0.4, 0.5) is 10.2 Å². The summed E-state index contributed by atoms with van der Waals surface area (Å²) in [7, 11) is 0. The van der Waals surface area contributed by atoms with E-state index < -0.39 is 0 Å². The Bertz CT molecular complexity index is 614. The van der Waals surface area contributed by atoms with Crippen LogP contribution in [0, 0.1) is 5.82 Å². The van der Waals surface area contributed by atoms with Gasteiger partial charge in [-0.25, -0.2) is 9.37 Å². The minimum absolute atomic E-state index is 0.209. The van der Waals surface area contributed by atoms with Gasteiger partial charge in [0.2, 0.25) is 0 Å². The molecule has 1 aliphatic heterocycles. The van der Waals surface area contributed by atoms with Crippen molar-refractivity contribution in [3.63, 3.8) is 0 Å². The molecule has 3 rings (SSSR count). The molecule has 1 N–H and O–H groups in total. The standard InChI is InChI=1S/C15H18BrFN4/c16-19-5-6-20-7-9-21(10-8-20)15-14-11-13(17)2-1-12(14)3-4-18-15/h1-4,11,19H,5-10H2. The van der Waals surface area contributed by atoms with Crippen LogP contribution in [-0.2, 0) is 0 Å². The number of halogens is 2. The number of benzene rings is 1. The molecule has 1 aromatic carbocycles. The van der Waals surface area contributed by atoms with Crippen molar-refractivity contribution in [3.8, 4) is 0 Å². The van der Waals surface area contributed by atoms with Gasteiger partial charge in [-0.2, -0.15) is 0 Å². The second-order valence-corrected chi connectivity index (χ2v) is 5.77. The van der Waals surface area contributed by atoms with Crippen molar-refractivity contribution in [2.75, 3.05) is 44.2 Å². The maximum atomic E-state index is 13.5. The van der Waals surface area contributed by atoms with E-state index >= 15 is 0 Å². The van der Waals surface area contributed by atoms with Gasteiger partial charge in [0.15, 0.2) is 0 Å². The van der Waals surface area contributed by atoms with Gasteiger partial charge in [-0.3, -0.25) is 9.24 Å². The number of nitrogens with one attached hydrogen (secondary N) is 1. The SMILES string of the molecule is Fc1ccc2ccnc(N3CCN(CCNBr)CC3)c2c1. The Balaban J connectivity index is 1.78. The third-order valence-corrected chi connectivity index (χ3v) is 4.30. The predicted molar refractivity (Wildman–Crippen MR) is 87.3 cm³/mol. The molecule has 0 spiro atoms. The Morgan fingerprint density at radius 3 is 2.76 bits per heavy atom. The van der Waals surface area contributed by atoms with E-state index in [0.29, 0.717) is 0 Å². The third-order valence-electron chi connectivity index (χ3n) is 3.90. The molecule has 4 nitrogen and oxygen atoms in total. The Morgan fingerprint density at radius 1 is 1.19 bits per heavy atom. The molecule has 21 heavy (non-hydrogen) atoms. The average molecular weight is 353 g/mol. The fraction of sp³-hybridized carbons (Fsp3) is 0.400. The van der Waals surface area contributed by atoms with Gasteiger partial charge >= 0.3 is 0 Å². The van der Waals surface area contributed by atoms with Gasteiger partial charge in [0, 0.05) is 67.0 Å². The van der Waals surface area contributed by atoms with Crippen LogP contribution in [0.15, 0.2) is 30.5 Å². The first kappa shape index (κ1) is 14.7. The largest absolute Gasteiger partial charge is 0.354 e. The van der Waals surface area contributed by atoms with E-state index in [4.69, 9.17) is 0 Å². The topological polar surface area (TPSA) is 31.4 Å². The lowest BCUT2D eigenvalue weighted by atomic mass is 10.1. The molecule has 0 amide bonds. The van der Waals surface area contributed by atoms with Crippen LogP contribution in [0.2, 0.25) is 0 Å². The molecule has 1 fully saturated rings. The van der Waals surface area contributed by atoms with Crippen molar-refractivity contribution in [1.82, 2.24) is 14.2 Å². The highest BCUT2D eigenvalue weighted by atomic mass is 79.9. The van der Waals surface area contributed by atoms with Crippen molar-refractivity contribution >= 4 is 32.7 Å². The molecular weight excluding hydrogens is 335 g/mol. The Hall–Kier alpha value is -1.24. The third kappa shape index (κ3) is 3.33. The number of hydrogen-bond acceptors (Lipinski definition) is 4. The summed E-state index contributed by atoms with van der Waals surface area (Å²) in [5, 5.41) is 1.93. The fourth-order valence-corrected chi connectivity index (χ4v) is 2.94. The summed E-state index contributed by atoms with van der Waals surface area (Å²) in [6.07, 6.45) is 1.80. The van der Waals surface area contributed by atoms with E-state index in [1.54, 1.807) is 12.3 Å². The fourth-order valence-electron chi connectivity index (χ4n) is 2.76. The number of piperazine rings is 1. The van der Waals surface area contributed by atoms with E-state index in [9.17, 15) is 4.39 Å². The normalized spacial score (nSPS) is 16.6. The van der Waals surface area contributed by atoms with Gasteiger partial charge in [0.1, 0.15) is 11.6 Å². The number of hydrogen-bond donors (Lipinski definition) is 1. The molecule has 0 atom stereocenters. The highest BCUT2D eigenvalue weighted by molar-refractivity contribution is 9.08. The van der Waals surface area contributed by atoms with E-state index in [1.807, 2.05) is 12.1 Å². The van der Waals surface area contributed by atoms with Gasteiger partial charge in [-0.1, -0.05) is 6.07 Å². The van der Waals surface area contributed by atoms with Gasteiger partial charge < -0.3 is 4.90 Å². The summed E-state index contributed by atoms with van der Waals surface area (Å²) >= 11 is 3.23. The predicted octanol–water partition coefficient (Wildman–Crippen LogP) is 2.40. The van der Waals surface area contributed by atoms with E-state index in [0.717, 1.165) is 55.9 Å². The molecule has 6 heteroatoms. The van der Waals surface area contributed by atoms with Crippen LogP contribution in [0.5, 0.6) is 0 Å². The monoisotopic (exact) mass is 352 g/mol. The summed E-state index contributed by atoms with van der Waals surface area (Å²) in [5.41, 5.74) is 0. The number of fused-ring (bicyclic) bond motifs is 1. The minimum Gasteiger partial charge on any atom is -0.354 e. The first-order chi connectivity index (χ1) is 10.3. The highest BCUT2D eigenvalue weighted by Gasteiger charge is 2.19. The van der Waals surface area contributed by atoms with Crippen LogP contribution in [0.1, 0.15) is 0 Å². The molecule has 0 unspecified atom stereocenters. The van der Waals surface area contributed by atoms with Crippen molar-refractivity contribution in [1.29, 1.82) is 0 Å². The van der Waals surface area contributed by atoms with Crippen molar-refractivity contribution in [2.24, 2.45) is 0 Å². The molecule has 0 radical (unpaired) electrons.